The Balaban J connectivity index is 2.11. The van der Waals surface area contributed by atoms with Crippen molar-refractivity contribution in [2.24, 2.45) is 0 Å². The van der Waals surface area contributed by atoms with Crippen molar-refractivity contribution < 1.29 is 23.0 Å². The van der Waals surface area contributed by atoms with Crippen LogP contribution in [0.2, 0.25) is 0 Å². The van der Waals surface area contributed by atoms with E-state index in [2.05, 4.69) is 20.7 Å². The molecule has 0 bridgehead atoms. The van der Waals surface area contributed by atoms with Crippen LogP contribution in [0.4, 0.5) is 13.6 Å². The molecule has 1 aromatic rings. The lowest BCUT2D eigenvalue weighted by atomic mass is 9.91. The summed E-state index contributed by atoms with van der Waals surface area (Å²) in [5.74, 6) is 0.0706. The fourth-order valence-corrected chi connectivity index (χ4v) is 2.91. The molecule has 2 rings (SSSR count). The molecular formula is C17H22BrF2NO3. The van der Waals surface area contributed by atoms with Gasteiger partial charge in [0.15, 0.2) is 0 Å². The predicted octanol–water partition coefficient (Wildman–Crippen LogP) is 5.34. The number of alkyl halides is 2. The van der Waals surface area contributed by atoms with Crippen molar-refractivity contribution in [2.75, 3.05) is 0 Å². The van der Waals surface area contributed by atoms with E-state index in [-0.39, 0.29) is 17.9 Å². The molecule has 0 N–H and O–H groups in total. The summed E-state index contributed by atoms with van der Waals surface area (Å²) in [6.45, 7) is 2.98. The van der Waals surface area contributed by atoms with Gasteiger partial charge in [0.05, 0.1) is 4.47 Å². The van der Waals surface area contributed by atoms with Gasteiger partial charge >= 0.3 is 12.7 Å². The van der Waals surface area contributed by atoms with Crippen molar-refractivity contribution in [3.63, 3.8) is 0 Å². The molecule has 4 nitrogen and oxygen atoms in total. The minimum atomic E-state index is -2.87. The monoisotopic (exact) mass is 405 g/mol. The first kappa shape index (κ1) is 19.0. The normalized spacial score (nSPS) is 15.1. The molecule has 1 aliphatic carbocycles. The molecule has 0 unspecified atom stereocenters. The summed E-state index contributed by atoms with van der Waals surface area (Å²) in [5, 5.41) is 0. The van der Waals surface area contributed by atoms with Gasteiger partial charge in [-0.15, -0.1) is 0 Å². The third kappa shape index (κ3) is 5.33. The van der Waals surface area contributed by atoms with E-state index in [1.807, 2.05) is 20.8 Å². The first-order valence-electron chi connectivity index (χ1n) is 7.88. The van der Waals surface area contributed by atoms with Crippen LogP contribution in [0, 0.1) is 0 Å². The maximum atomic E-state index is 12.5. The number of hydrogen-bond acceptors (Lipinski definition) is 3. The van der Waals surface area contributed by atoms with E-state index in [0.717, 1.165) is 24.8 Å². The van der Waals surface area contributed by atoms with Crippen LogP contribution < -0.4 is 4.74 Å². The van der Waals surface area contributed by atoms with Crippen molar-refractivity contribution in [1.82, 2.24) is 4.90 Å². The van der Waals surface area contributed by atoms with Crippen molar-refractivity contribution in [3.05, 3.63) is 28.2 Å². The maximum Gasteiger partial charge on any atom is 0.410 e. The number of nitrogens with zero attached hydrogens (tertiary/aromatic N) is 1. The highest BCUT2D eigenvalue weighted by Crippen LogP contribution is 2.31. The summed E-state index contributed by atoms with van der Waals surface area (Å²) < 4.78 is 35.0. The summed E-state index contributed by atoms with van der Waals surface area (Å²) in [6, 6.07) is 5.00. The average molecular weight is 406 g/mol. The molecule has 1 fully saturated rings. The zero-order chi connectivity index (χ0) is 17.9. The molecule has 0 aliphatic heterocycles. The zero-order valence-corrected chi connectivity index (χ0v) is 15.6. The number of carbonyl (C=O) groups is 1. The smallest absolute Gasteiger partial charge is 0.410 e. The van der Waals surface area contributed by atoms with Crippen molar-refractivity contribution >= 4 is 22.0 Å². The highest BCUT2D eigenvalue weighted by Gasteiger charge is 2.32. The maximum absolute atomic E-state index is 12.5. The quantitative estimate of drug-likeness (QED) is 0.663. The zero-order valence-electron chi connectivity index (χ0n) is 14.0. The first-order chi connectivity index (χ1) is 11.2. The first-order valence-corrected chi connectivity index (χ1v) is 8.68. The molecule has 1 aliphatic rings. The number of amides is 1. The van der Waals surface area contributed by atoms with Crippen LogP contribution in [0.5, 0.6) is 5.75 Å². The number of halogens is 3. The standard InChI is InChI=1S/C17H22BrF2NO3/c1-17(2,3)24-16(22)21(12-5-4-6-12)10-11-7-8-14(13(18)9-11)23-15(19)20/h7-9,12,15H,4-6,10H2,1-3H3. The minimum absolute atomic E-state index is 0.0706. The Morgan fingerprint density at radius 2 is 2.04 bits per heavy atom. The van der Waals surface area contributed by atoms with Gasteiger partial charge in [0.1, 0.15) is 11.4 Å². The summed E-state index contributed by atoms with van der Waals surface area (Å²) in [7, 11) is 0. The van der Waals surface area contributed by atoms with Gasteiger partial charge in [-0.25, -0.2) is 4.79 Å². The van der Waals surface area contributed by atoms with E-state index in [4.69, 9.17) is 4.74 Å². The predicted molar refractivity (Wildman–Crippen MR) is 90.2 cm³/mol. The lowest BCUT2D eigenvalue weighted by Crippen LogP contribution is -2.46. The number of ether oxygens (including phenoxy) is 2. The van der Waals surface area contributed by atoms with Crippen LogP contribution in [-0.4, -0.2) is 29.2 Å². The molecule has 0 aromatic heterocycles. The third-order valence-corrected chi connectivity index (χ3v) is 4.33. The fourth-order valence-electron chi connectivity index (χ4n) is 2.39. The highest BCUT2D eigenvalue weighted by atomic mass is 79.9. The summed E-state index contributed by atoms with van der Waals surface area (Å²) in [4.78, 5) is 14.2. The SMILES string of the molecule is CC(C)(C)OC(=O)N(Cc1ccc(OC(F)F)c(Br)c1)C1CCC1. The van der Waals surface area contributed by atoms with Gasteiger partial charge in [-0.3, -0.25) is 0 Å². The van der Waals surface area contributed by atoms with Crippen molar-refractivity contribution in [2.45, 2.75) is 64.8 Å². The van der Waals surface area contributed by atoms with Crippen LogP contribution in [0.15, 0.2) is 22.7 Å². The molecule has 0 saturated heterocycles. The Bertz CT molecular complexity index is 586. The second-order valence-electron chi connectivity index (χ2n) is 6.84. The Hall–Kier alpha value is -1.37. The highest BCUT2D eigenvalue weighted by molar-refractivity contribution is 9.10. The van der Waals surface area contributed by atoms with E-state index < -0.39 is 12.2 Å². The molecule has 0 spiro atoms. The van der Waals surface area contributed by atoms with Gasteiger partial charge in [-0.05, 0) is 73.7 Å². The van der Waals surface area contributed by atoms with Crippen LogP contribution in [0.1, 0.15) is 45.6 Å². The number of benzene rings is 1. The number of rotatable bonds is 5. The van der Waals surface area contributed by atoms with Gasteiger partial charge in [-0.1, -0.05) is 6.07 Å². The Morgan fingerprint density at radius 1 is 1.38 bits per heavy atom. The summed E-state index contributed by atoms with van der Waals surface area (Å²) in [6.07, 6.45) is 2.64. The van der Waals surface area contributed by atoms with Gasteiger partial charge in [-0.2, -0.15) is 8.78 Å². The lowest BCUT2D eigenvalue weighted by molar-refractivity contribution is -0.0503. The van der Waals surface area contributed by atoms with Crippen LogP contribution in [-0.2, 0) is 11.3 Å². The molecule has 0 radical (unpaired) electrons. The van der Waals surface area contributed by atoms with Gasteiger partial charge < -0.3 is 14.4 Å². The van der Waals surface area contributed by atoms with Crippen molar-refractivity contribution in [3.8, 4) is 5.75 Å². The molecular weight excluding hydrogens is 384 g/mol. The Kier molecular flexibility index (Phi) is 6.06. The average Bonchev–Trinajstić information content (AvgIpc) is 2.36. The molecule has 0 atom stereocenters. The topological polar surface area (TPSA) is 38.8 Å². The molecule has 1 aromatic carbocycles. The van der Waals surface area contributed by atoms with Gasteiger partial charge in [0.25, 0.3) is 0 Å². The second-order valence-corrected chi connectivity index (χ2v) is 7.69. The molecule has 1 amide bonds. The van der Waals surface area contributed by atoms with E-state index in [0.29, 0.717) is 11.0 Å². The van der Waals surface area contributed by atoms with Gasteiger partial charge in [0.2, 0.25) is 0 Å². The Labute approximate surface area is 149 Å². The largest absolute Gasteiger partial charge is 0.444 e. The summed E-state index contributed by atoms with van der Waals surface area (Å²) in [5.41, 5.74) is 0.260. The van der Waals surface area contributed by atoms with Gasteiger partial charge in [0, 0.05) is 12.6 Å². The molecule has 7 heteroatoms. The fraction of sp³-hybridized carbons (Fsp3) is 0.588. The molecule has 1 saturated carbocycles. The molecule has 24 heavy (non-hydrogen) atoms. The third-order valence-electron chi connectivity index (χ3n) is 3.71. The van der Waals surface area contributed by atoms with Crippen LogP contribution >= 0.6 is 15.9 Å². The van der Waals surface area contributed by atoms with Crippen LogP contribution in [0.3, 0.4) is 0 Å². The Morgan fingerprint density at radius 3 is 2.50 bits per heavy atom. The van der Waals surface area contributed by atoms with Crippen LogP contribution in [0.25, 0.3) is 0 Å². The molecule has 134 valence electrons. The lowest BCUT2D eigenvalue weighted by Gasteiger charge is -2.38. The number of carbonyl (C=O) groups excluding carboxylic acids is 1. The molecule has 0 heterocycles. The summed E-state index contributed by atoms with van der Waals surface area (Å²) >= 11 is 3.23. The van der Waals surface area contributed by atoms with E-state index in [1.165, 1.54) is 6.07 Å². The minimum Gasteiger partial charge on any atom is -0.444 e. The van der Waals surface area contributed by atoms with E-state index in [1.54, 1.807) is 17.0 Å². The second kappa shape index (κ2) is 7.68. The van der Waals surface area contributed by atoms with Crippen molar-refractivity contribution in [1.29, 1.82) is 0 Å². The number of hydrogen-bond donors (Lipinski definition) is 0. The van der Waals surface area contributed by atoms with E-state index in [9.17, 15) is 13.6 Å². The van der Waals surface area contributed by atoms with E-state index >= 15 is 0 Å².